The van der Waals surface area contributed by atoms with Crippen molar-refractivity contribution >= 4 is 28.9 Å². The molecule has 0 aliphatic carbocycles. The highest BCUT2D eigenvalue weighted by atomic mass is 16.2. The Balaban J connectivity index is 1.72. The average Bonchev–Trinajstić information content (AvgIpc) is 2.64. The summed E-state index contributed by atoms with van der Waals surface area (Å²) in [6.45, 7) is 3.50. The quantitative estimate of drug-likeness (QED) is 0.683. The molecule has 0 saturated heterocycles. The van der Waals surface area contributed by atoms with Gasteiger partial charge in [-0.2, -0.15) is 0 Å². The minimum absolute atomic E-state index is 0.00801. The lowest BCUT2D eigenvalue weighted by Gasteiger charge is -2.08. The molecule has 3 rings (SSSR count). The molecule has 0 saturated carbocycles. The maximum Gasteiger partial charge on any atom is 0.274 e. The van der Waals surface area contributed by atoms with E-state index in [1.165, 1.54) is 13.3 Å². The van der Waals surface area contributed by atoms with Gasteiger partial charge in [-0.25, -0.2) is 9.97 Å². The third-order valence-electron chi connectivity index (χ3n) is 3.77. The lowest BCUT2D eigenvalue weighted by Crippen LogP contribution is -2.14. The smallest absolute Gasteiger partial charge is 0.274 e. The van der Waals surface area contributed by atoms with Crippen LogP contribution in [-0.2, 0) is 0 Å². The Labute approximate surface area is 151 Å². The second-order valence-corrected chi connectivity index (χ2v) is 5.87. The molecule has 6 heteroatoms. The van der Waals surface area contributed by atoms with Crippen LogP contribution in [-0.4, -0.2) is 21.7 Å². The van der Waals surface area contributed by atoms with Crippen molar-refractivity contribution in [3.8, 4) is 0 Å². The first-order valence-corrected chi connectivity index (χ1v) is 8.09. The molecule has 0 fully saturated rings. The van der Waals surface area contributed by atoms with Crippen LogP contribution in [0.2, 0.25) is 0 Å². The Morgan fingerprint density at radius 1 is 0.885 bits per heavy atom. The van der Waals surface area contributed by atoms with E-state index in [-0.39, 0.29) is 17.4 Å². The normalized spacial score (nSPS) is 10.2. The van der Waals surface area contributed by atoms with Crippen LogP contribution in [0, 0.1) is 6.92 Å². The van der Waals surface area contributed by atoms with Crippen LogP contribution in [0.1, 0.15) is 33.3 Å². The Kier molecular flexibility index (Phi) is 5.03. The van der Waals surface area contributed by atoms with Gasteiger partial charge in [0.2, 0.25) is 0 Å². The second-order valence-electron chi connectivity index (χ2n) is 5.87. The number of nitrogens with zero attached hydrogens (tertiary/aromatic N) is 2. The fraction of sp³-hybridized carbons (Fsp3) is 0.100. The average molecular weight is 346 g/mol. The lowest BCUT2D eigenvalue weighted by atomic mass is 10.1. The van der Waals surface area contributed by atoms with Gasteiger partial charge in [-0.05, 0) is 50.2 Å². The Bertz CT molecular complexity index is 935. The summed E-state index contributed by atoms with van der Waals surface area (Å²) < 4.78 is 0. The van der Waals surface area contributed by atoms with Gasteiger partial charge in [0.1, 0.15) is 17.8 Å². The van der Waals surface area contributed by atoms with Gasteiger partial charge in [0.05, 0.1) is 0 Å². The number of carbonyl (C=O) groups excluding carboxylic acids is 2. The van der Waals surface area contributed by atoms with E-state index in [2.05, 4.69) is 20.6 Å². The number of benzene rings is 2. The summed E-state index contributed by atoms with van der Waals surface area (Å²) >= 11 is 0. The molecule has 130 valence electrons. The fourth-order valence-electron chi connectivity index (χ4n) is 2.32. The predicted octanol–water partition coefficient (Wildman–Crippen LogP) is 3.98. The third kappa shape index (κ3) is 4.30. The molecule has 1 amide bonds. The summed E-state index contributed by atoms with van der Waals surface area (Å²) in [6.07, 6.45) is 1.33. The van der Waals surface area contributed by atoms with Crippen molar-refractivity contribution in [1.29, 1.82) is 0 Å². The maximum absolute atomic E-state index is 12.4. The molecule has 1 heterocycles. The van der Waals surface area contributed by atoms with E-state index in [1.54, 1.807) is 30.3 Å². The molecule has 2 aromatic carbocycles. The largest absolute Gasteiger partial charge is 0.340 e. The van der Waals surface area contributed by atoms with Gasteiger partial charge in [-0.3, -0.25) is 9.59 Å². The second kappa shape index (κ2) is 7.57. The van der Waals surface area contributed by atoms with Gasteiger partial charge in [0, 0.05) is 23.0 Å². The molecule has 0 radical (unpaired) electrons. The monoisotopic (exact) mass is 346 g/mol. The number of nitrogens with one attached hydrogen (secondary N) is 2. The standard InChI is InChI=1S/C20H18N4O2/c1-13-3-7-17(8-4-13)24-20(26)18-11-19(22-12-21-18)23-16-9-5-15(6-10-16)14(2)25/h3-12H,1-2H3,(H,24,26)(H,21,22,23). The van der Waals surface area contributed by atoms with E-state index in [0.29, 0.717) is 17.1 Å². The highest BCUT2D eigenvalue weighted by Gasteiger charge is 2.09. The molecule has 1 aromatic heterocycles. The number of hydrogen-bond acceptors (Lipinski definition) is 5. The summed E-state index contributed by atoms with van der Waals surface area (Å²) in [5, 5.41) is 5.90. The van der Waals surface area contributed by atoms with E-state index in [0.717, 1.165) is 11.3 Å². The Morgan fingerprint density at radius 2 is 1.54 bits per heavy atom. The van der Waals surface area contributed by atoms with Crippen molar-refractivity contribution < 1.29 is 9.59 Å². The van der Waals surface area contributed by atoms with Crippen LogP contribution in [0.25, 0.3) is 0 Å². The lowest BCUT2D eigenvalue weighted by molar-refractivity contribution is 0.101. The molecular weight excluding hydrogens is 328 g/mol. The number of amides is 1. The Hall–Kier alpha value is -3.54. The fourth-order valence-corrected chi connectivity index (χ4v) is 2.32. The van der Waals surface area contributed by atoms with E-state index < -0.39 is 0 Å². The van der Waals surface area contributed by atoms with Crippen molar-refractivity contribution in [2.75, 3.05) is 10.6 Å². The SMILES string of the molecule is CC(=O)c1ccc(Nc2cc(C(=O)Nc3ccc(C)cc3)ncn2)cc1. The first-order valence-electron chi connectivity index (χ1n) is 8.09. The number of Topliss-reactive ketones (excluding diaryl/α,β-unsaturated/α-hetero) is 1. The molecule has 3 aromatic rings. The van der Waals surface area contributed by atoms with Crippen molar-refractivity contribution in [3.05, 3.63) is 77.7 Å². The van der Waals surface area contributed by atoms with E-state index in [9.17, 15) is 9.59 Å². The number of ketones is 1. The van der Waals surface area contributed by atoms with Crippen LogP contribution in [0.3, 0.4) is 0 Å². The van der Waals surface area contributed by atoms with Crippen LogP contribution >= 0.6 is 0 Å². The van der Waals surface area contributed by atoms with Crippen LogP contribution in [0.15, 0.2) is 60.9 Å². The number of hydrogen-bond donors (Lipinski definition) is 2. The highest BCUT2D eigenvalue weighted by Crippen LogP contribution is 2.16. The Morgan fingerprint density at radius 3 is 2.19 bits per heavy atom. The molecule has 0 atom stereocenters. The highest BCUT2D eigenvalue weighted by molar-refractivity contribution is 6.03. The van der Waals surface area contributed by atoms with Gasteiger partial charge < -0.3 is 10.6 Å². The summed E-state index contributed by atoms with van der Waals surface area (Å²) in [5.74, 6) is 0.185. The van der Waals surface area contributed by atoms with E-state index in [1.807, 2.05) is 31.2 Å². The molecule has 0 unspecified atom stereocenters. The summed E-state index contributed by atoms with van der Waals surface area (Å²) in [6, 6.07) is 16.1. The topological polar surface area (TPSA) is 84.0 Å². The number of aryl methyl sites for hydroxylation is 1. The predicted molar refractivity (Wildman–Crippen MR) is 101 cm³/mol. The zero-order valence-corrected chi connectivity index (χ0v) is 14.5. The van der Waals surface area contributed by atoms with E-state index in [4.69, 9.17) is 0 Å². The van der Waals surface area contributed by atoms with Gasteiger partial charge in [-0.15, -0.1) is 0 Å². The molecule has 0 bridgehead atoms. The minimum atomic E-state index is -0.314. The van der Waals surface area contributed by atoms with Crippen molar-refractivity contribution in [2.45, 2.75) is 13.8 Å². The summed E-state index contributed by atoms with van der Waals surface area (Å²) in [5.41, 5.74) is 3.47. The molecule has 2 N–H and O–H groups in total. The van der Waals surface area contributed by atoms with Crippen LogP contribution < -0.4 is 10.6 Å². The molecule has 0 aliphatic heterocycles. The van der Waals surface area contributed by atoms with Crippen molar-refractivity contribution in [1.82, 2.24) is 9.97 Å². The van der Waals surface area contributed by atoms with E-state index >= 15 is 0 Å². The first kappa shape index (κ1) is 17.3. The molecule has 26 heavy (non-hydrogen) atoms. The zero-order chi connectivity index (χ0) is 18.5. The minimum Gasteiger partial charge on any atom is -0.340 e. The van der Waals surface area contributed by atoms with Crippen LogP contribution in [0.4, 0.5) is 17.2 Å². The van der Waals surface area contributed by atoms with Crippen molar-refractivity contribution in [2.24, 2.45) is 0 Å². The summed E-state index contributed by atoms with van der Waals surface area (Å²) in [4.78, 5) is 31.8. The van der Waals surface area contributed by atoms with Gasteiger partial charge in [0.15, 0.2) is 5.78 Å². The van der Waals surface area contributed by atoms with Gasteiger partial charge in [0.25, 0.3) is 5.91 Å². The summed E-state index contributed by atoms with van der Waals surface area (Å²) in [7, 11) is 0. The van der Waals surface area contributed by atoms with Crippen LogP contribution in [0.5, 0.6) is 0 Å². The number of aromatic nitrogens is 2. The van der Waals surface area contributed by atoms with Gasteiger partial charge in [-0.1, -0.05) is 17.7 Å². The molecular formula is C20H18N4O2. The number of carbonyl (C=O) groups is 2. The zero-order valence-electron chi connectivity index (χ0n) is 14.5. The van der Waals surface area contributed by atoms with Gasteiger partial charge >= 0.3 is 0 Å². The maximum atomic E-state index is 12.4. The number of rotatable bonds is 5. The first-order chi connectivity index (χ1) is 12.5. The molecule has 0 aliphatic rings. The molecule has 6 nitrogen and oxygen atoms in total. The number of anilines is 3. The van der Waals surface area contributed by atoms with Crippen molar-refractivity contribution in [3.63, 3.8) is 0 Å². The molecule has 0 spiro atoms. The third-order valence-corrected chi connectivity index (χ3v) is 3.77.